The number of imidazole rings is 1. The van der Waals surface area contributed by atoms with Crippen molar-refractivity contribution >= 4 is 5.91 Å². The van der Waals surface area contributed by atoms with E-state index in [9.17, 15) is 9.90 Å². The lowest BCUT2D eigenvalue weighted by Gasteiger charge is -2.38. The highest BCUT2D eigenvalue weighted by molar-refractivity contribution is 5.98. The Morgan fingerprint density at radius 1 is 1.20 bits per heavy atom. The first kappa shape index (κ1) is 21.1. The van der Waals surface area contributed by atoms with Gasteiger partial charge in [-0.25, -0.2) is 4.98 Å². The summed E-state index contributed by atoms with van der Waals surface area (Å²) in [6, 6.07) is 10.5. The third-order valence-electron chi connectivity index (χ3n) is 6.36. The van der Waals surface area contributed by atoms with Crippen molar-refractivity contribution in [2.24, 2.45) is 0 Å². The number of nitrogens with one attached hydrogen (secondary N) is 1. The number of carbonyl (C=O) groups excluding carboxylic acids is 1. The van der Waals surface area contributed by atoms with Gasteiger partial charge < -0.3 is 19.9 Å². The van der Waals surface area contributed by atoms with E-state index < -0.39 is 5.60 Å². The second-order valence-corrected chi connectivity index (χ2v) is 9.38. The Labute approximate surface area is 179 Å². The molecule has 1 atom stereocenters. The summed E-state index contributed by atoms with van der Waals surface area (Å²) in [5.41, 5.74) is 1.69. The second kappa shape index (κ2) is 8.90. The number of rotatable bonds is 5. The van der Waals surface area contributed by atoms with Gasteiger partial charge in [0, 0.05) is 37.3 Å². The number of hydrogen-bond donors (Lipinski definition) is 2. The van der Waals surface area contributed by atoms with Crippen LogP contribution < -0.4 is 5.32 Å². The Balaban J connectivity index is 1.70. The van der Waals surface area contributed by atoms with Crippen LogP contribution in [-0.2, 0) is 0 Å². The molecular formula is C24H34N4O2. The first-order valence-electron chi connectivity index (χ1n) is 11.3. The zero-order chi connectivity index (χ0) is 21.1. The van der Waals surface area contributed by atoms with E-state index in [-0.39, 0.29) is 11.9 Å². The van der Waals surface area contributed by atoms with Crippen LogP contribution in [0.15, 0.2) is 36.7 Å². The lowest BCUT2D eigenvalue weighted by atomic mass is 9.94. The van der Waals surface area contributed by atoms with Crippen LogP contribution in [0.4, 0.5) is 0 Å². The van der Waals surface area contributed by atoms with Gasteiger partial charge in [-0.2, -0.15) is 0 Å². The van der Waals surface area contributed by atoms with Gasteiger partial charge in [0.2, 0.25) is 0 Å². The van der Waals surface area contributed by atoms with Crippen LogP contribution in [0.2, 0.25) is 0 Å². The SMILES string of the molecule is CC(C)(O)CC1CNCCN1C(=O)c1ncn(C2CCCCC2)c1-c1ccccc1. The number of nitrogens with zero attached hydrogens (tertiary/aromatic N) is 3. The van der Waals surface area contributed by atoms with E-state index >= 15 is 0 Å². The standard InChI is InChI=1S/C24H34N4O2/c1-24(2,30)15-20-16-25-13-14-27(20)23(29)21-22(18-9-5-3-6-10-18)28(17-26-21)19-11-7-4-8-12-19/h3,5-6,9-10,17,19-20,25,30H,4,7-8,11-16H2,1-2H3. The van der Waals surface area contributed by atoms with Crippen LogP contribution in [0, 0.1) is 0 Å². The van der Waals surface area contributed by atoms with E-state index in [1.807, 2.05) is 29.4 Å². The van der Waals surface area contributed by atoms with Gasteiger partial charge in [-0.1, -0.05) is 49.6 Å². The molecule has 6 heteroatoms. The topological polar surface area (TPSA) is 70.4 Å². The monoisotopic (exact) mass is 410 g/mol. The van der Waals surface area contributed by atoms with Gasteiger partial charge >= 0.3 is 0 Å². The first-order chi connectivity index (χ1) is 14.4. The maximum absolute atomic E-state index is 13.7. The predicted molar refractivity (Wildman–Crippen MR) is 118 cm³/mol. The zero-order valence-corrected chi connectivity index (χ0v) is 18.2. The molecule has 2 aromatic rings. The smallest absolute Gasteiger partial charge is 0.275 e. The summed E-state index contributed by atoms with van der Waals surface area (Å²) in [5.74, 6) is -0.0286. The maximum atomic E-state index is 13.7. The Morgan fingerprint density at radius 3 is 2.63 bits per heavy atom. The molecule has 6 nitrogen and oxygen atoms in total. The quantitative estimate of drug-likeness (QED) is 0.790. The number of aromatic nitrogens is 2. The van der Waals surface area contributed by atoms with Crippen molar-refractivity contribution in [3.05, 3.63) is 42.4 Å². The minimum atomic E-state index is -0.827. The molecule has 30 heavy (non-hydrogen) atoms. The third kappa shape index (κ3) is 4.60. The average Bonchev–Trinajstić information content (AvgIpc) is 3.19. The fraction of sp³-hybridized carbons (Fsp3) is 0.583. The highest BCUT2D eigenvalue weighted by Crippen LogP contribution is 2.34. The molecule has 2 N–H and O–H groups in total. The van der Waals surface area contributed by atoms with Crippen molar-refractivity contribution in [2.45, 2.75) is 70.1 Å². The van der Waals surface area contributed by atoms with E-state index in [1.54, 1.807) is 13.8 Å². The molecular weight excluding hydrogens is 376 g/mol. The second-order valence-electron chi connectivity index (χ2n) is 9.38. The van der Waals surface area contributed by atoms with Crippen LogP contribution in [0.25, 0.3) is 11.3 Å². The molecule has 1 aromatic carbocycles. The number of benzene rings is 1. The molecule has 1 aliphatic heterocycles. The summed E-state index contributed by atoms with van der Waals surface area (Å²) in [4.78, 5) is 20.3. The van der Waals surface area contributed by atoms with Crippen molar-refractivity contribution in [3.8, 4) is 11.3 Å². The lowest BCUT2D eigenvalue weighted by Crippen LogP contribution is -2.55. The molecule has 2 aliphatic rings. The first-order valence-corrected chi connectivity index (χ1v) is 11.3. The van der Waals surface area contributed by atoms with Gasteiger partial charge in [0.25, 0.3) is 5.91 Å². The molecule has 0 bridgehead atoms. The van der Waals surface area contributed by atoms with Crippen molar-refractivity contribution in [1.29, 1.82) is 0 Å². The Hall–Kier alpha value is -2.18. The van der Waals surface area contributed by atoms with Crippen LogP contribution in [0.1, 0.15) is 68.9 Å². The molecule has 2 fully saturated rings. The van der Waals surface area contributed by atoms with Gasteiger partial charge in [-0.05, 0) is 33.1 Å². The van der Waals surface area contributed by atoms with E-state index in [0.717, 1.165) is 30.6 Å². The van der Waals surface area contributed by atoms with Crippen molar-refractivity contribution in [1.82, 2.24) is 19.8 Å². The van der Waals surface area contributed by atoms with E-state index in [1.165, 1.54) is 19.3 Å². The van der Waals surface area contributed by atoms with Crippen LogP contribution in [0.5, 0.6) is 0 Å². The van der Waals surface area contributed by atoms with Gasteiger partial charge in [0.05, 0.1) is 17.6 Å². The summed E-state index contributed by atoms with van der Waals surface area (Å²) in [6.07, 6.45) is 8.43. The third-order valence-corrected chi connectivity index (χ3v) is 6.36. The van der Waals surface area contributed by atoms with E-state index in [2.05, 4.69) is 27.0 Å². The molecule has 1 amide bonds. The molecule has 1 unspecified atom stereocenters. The van der Waals surface area contributed by atoms with Crippen LogP contribution >= 0.6 is 0 Å². The molecule has 0 spiro atoms. The van der Waals surface area contributed by atoms with Gasteiger partial charge in [0.15, 0.2) is 5.69 Å². The normalized spacial score (nSPS) is 21.0. The van der Waals surface area contributed by atoms with Crippen molar-refractivity contribution in [2.75, 3.05) is 19.6 Å². The number of piperazine rings is 1. The van der Waals surface area contributed by atoms with E-state index in [0.29, 0.717) is 31.2 Å². The summed E-state index contributed by atoms with van der Waals surface area (Å²) in [5, 5.41) is 13.7. The largest absolute Gasteiger partial charge is 0.390 e. The van der Waals surface area contributed by atoms with E-state index in [4.69, 9.17) is 0 Å². The number of aliphatic hydroxyl groups is 1. The lowest BCUT2D eigenvalue weighted by molar-refractivity contribution is 0.0241. The summed E-state index contributed by atoms with van der Waals surface area (Å²) in [6.45, 7) is 5.69. The minimum absolute atomic E-state index is 0.0286. The van der Waals surface area contributed by atoms with Crippen molar-refractivity contribution < 1.29 is 9.90 Å². The van der Waals surface area contributed by atoms with Gasteiger partial charge in [-0.3, -0.25) is 4.79 Å². The number of carbonyl (C=O) groups is 1. The number of hydrogen-bond acceptors (Lipinski definition) is 4. The minimum Gasteiger partial charge on any atom is -0.390 e. The number of amides is 1. The van der Waals surface area contributed by atoms with Crippen molar-refractivity contribution in [3.63, 3.8) is 0 Å². The summed E-state index contributed by atoms with van der Waals surface area (Å²) >= 11 is 0. The van der Waals surface area contributed by atoms with Gasteiger partial charge in [0.1, 0.15) is 0 Å². The fourth-order valence-corrected chi connectivity index (χ4v) is 4.96. The van der Waals surface area contributed by atoms with Crippen LogP contribution in [0.3, 0.4) is 0 Å². The summed E-state index contributed by atoms with van der Waals surface area (Å²) < 4.78 is 2.24. The molecule has 1 saturated carbocycles. The highest BCUT2D eigenvalue weighted by atomic mass is 16.3. The maximum Gasteiger partial charge on any atom is 0.275 e. The van der Waals surface area contributed by atoms with Crippen LogP contribution in [-0.4, -0.2) is 56.7 Å². The molecule has 2 heterocycles. The molecule has 0 radical (unpaired) electrons. The molecule has 1 saturated heterocycles. The molecule has 162 valence electrons. The fourth-order valence-electron chi connectivity index (χ4n) is 4.96. The zero-order valence-electron chi connectivity index (χ0n) is 18.2. The Bertz CT molecular complexity index is 850. The highest BCUT2D eigenvalue weighted by Gasteiger charge is 2.34. The Kier molecular flexibility index (Phi) is 6.25. The molecule has 4 rings (SSSR count). The molecule has 1 aromatic heterocycles. The molecule has 1 aliphatic carbocycles. The average molecular weight is 411 g/mol. The van der Waals surface area contributed by atoms with Gasteiger partial charge in [-0.15, -0.1) is 0 Å². The Morgan fingerprint density at radius 2 is 1.93 bits per heavy atom. The predicted octanol–water partition coefficient (Wildman–Crippen LogP) is 3.63. The summed E-state index contributed by atoms with van der Waals surface area (Å²) in [7, 11) is 0.